The summed E-state index contributed by atoms with van der Waals surface area (Å²) in [6.45, 7) is 3.69. The Morgan fingerprint density at radius 1 is 1.38 bits per heavy atom. The van der Waals surface area contributed by atoms with Gasteiger partial charge in [0.1, 0.15) is 0 Å². The monoisotopic (exact) mass is 245 g/mol. The third kappa shape index (κ3) is 4.73. The van der Waals surface area contributed by atoms with Crippen LogP contribution >= 0.6 is 11.6 Å². The molecule has 1 amide bonds. The van der Waals surface area contributed by atoms with Crippen LogP contribution in [0.25, 0.3) is 0 Å². The minimum absolute atomic E-state index is 0.319. The molecule has 1 aliphatic rings. The van der Waals surface area contributed by atoms with Crippen molar-refractivity contribution in [3.8, 4) is 0 Å². The Bertz CT molecular complexity index is 202. The van der Waals surface area contributed by atoms with Crippen LogP contribution in [0.1, 0.15) is 51.9 Å². The fourth-order valence-electron chi connectivity index (χ4n) is 2.49. The quantitative estimate of drug-likeness (QED) is 0.630. The van der Waals surface area contributed by atoms with Crippen molar-refractivity contribution in [2.75, 3.05) is 19.0 Å². The second-order valence-electron chi connectivity index (χ2n) is 4.71. The topological polar surface area (TPSA) is 20.3 Å². The second-order valence-corrected chi connectivity index (χ2v) is 5.08. The number of amides is 1. The van der Waals surface area contributed by atoms with E-state index in [4.69, 9.17) is 11.6 Å². The first kappa shape index (κ1) is 13.8. The lowest BCUT2D eigenvalue weighted by molar-refractivity contribution is -0.131. The minimum atomic E-state index is 0.319. The highest BCUT2D eigenvalue weighted by molar-refractivity contribution is 6.17. The zero-order chi connectivity index (χ0) is 11.8. The summed E-state index contributed by atoms with van der Waals surface area (Å²) in [7, 11) is 0. The van der Waals surface area contributed by atoms with Crippen molar-refractivity contribution < 1.29 is 4.79 Å². The van der Waals surface area contributed by atoms with Crippen molar-refractivity contribution >= 4 is 17.5 Å². The van der Waals surface area contributed by atoms with Crippen LogP contribution in [0.2, 0.25) is 0 Å². The summed E-state index contributed by atoms with van der Waals surface area (Å²) in [6, 6.07) is 0. The van der Waals surface area contributed by atoms with Crippen LogP contribution in [0, 0.1) is 5.92 Å². The van der Waals surface area contributed by atoms with Gasteiger partial charge in [-0.25, -0.2) is 0 Å². The highest BCUT2D eigenvalue weighted by Crippen LogP contribution is 2.28. The molecule has 0 saturated heterocycles. The van der Waals surface area contributed by atoms with E-state index in [9.17, 15) is 4.79 Å². The van der Waals surface area contributed by atoms with Gasteiger partial charge in [-0.2, -0.15) is 0 Å². The summed E-state index contributed by atoms with van der Waals surface area (Å²) in [5.41, 5.74) is 0. The van der Waals surface area contributed by atoms with Gasteiger partial charge in [-0.3, -0.25) is 4.79 Å². The maximum absolute atomic E-state index is 11.9. The molecule has 0 aliphatic heterocycles. The largest absolute Gasteiger partial charge is 0.343 e. The molecule has 0 bridgehead atoms. The zero-order valence-electron chi connectivity index (χ0n) is 10.4. The van der Waals surface area contributed by atoms with Gasteiger partial charge >= 0.3 is 0 Å². The Labute approximate surface area is 104 Å². The summed E-state index contributed by atoms with van der Waals surface area (Å²) in [4.78, 5) is 13.9. The molecular weight excluding hydrogens is 222 g/mol. The average molecular weight is 246 g/mol. The fraction of sp³-hybridized carbons (Fsp3) is 0.923. The standard InChI is InChI=1S/C13H24ClNO/c1-2-15(11-5-10-14)13(16)9-8-12-6-3-4-7-12/h12H,2-11H2,1H3. The van der Waals surface area contributed by atoms with Crippen molar-refractivity contribution in [3.63, 3.8) is 0 Å². The molecule has 0 aromatic rings. The van der Waals surface area contributed by atoms with E-state index in [-0.39, 0.29) is 0 Å². The molecule has 0 unspecified atom stereocenters. The van der Waals surface area contributed by atoms with Crippen molar-refractivity contribution in [3.05, 3.63) is 0 Å². The molecule has 3 heteroatoms. The highest BCUT2D eigenvalue weighted by atomic mass is 35.5. The van der Waals surface area contributed by atoms with E-state index in [1.807, 2.05) is 11.8 Å². The van der Waals surface area contributed by atoms with Crippen molar-refractivity contribution in [1.29, 1.82) is 0 Å². The second kappa shape index (κ2) is 7.94. The molecule has 0 aromatic heterocycles. The molecule has 1 saturated carbocycles. The first-order valence-electron chi connectivity index (χ1n) is 6.61. The summed E-state index contributed by atoms with van der Waals surface area (Å²) in [5.74, 6) is 1.78. The van der Waals surface area contributed by atoms with Gasteiger partial charge in [0.05, 0.1) is 0 Å². The van der Waals surface area contributed by atoms with Crippen LogP contribution < -0.4 is 0 Å². The molecule has 1 fully saturated rings. The predicted octanol–water partition coefficient (Wildman–Crippen LogP) is 3.43. The van der Waals surface area contributed by atoms with Crippen molar-refractivity contribution in [2.24, 2.45) is 5.92 Å². The van der Waals surface area contributed by atoms with Gasteiger partial charge in [0, 0.05) is 25.4 Å². The third-order valence-electron chi connectivity index (χ3n) is 3.54. The normalized spacial score (nSPS) is 16.6. The van der Waals surface area contributed by atoms with E-state index in [0.717, 1.165) is 38.3 Å². The molecule has 0 atom stereocenters. The number of rotatable bonds is 7. The summed E-state index contributed by atoms with van der Waals surface area (Å²) < 4.78 is 0. The Balaban J connectivity index is 2.19. The Morgan fingerprint density at radius 3 is 2.62 bits per heavy atom. The molecule has 16 heavy (non-hydrogen) atoms. The van der Waals surface area contributed by atoms with E-state index >= 15 is 0 Å². The van der Waals surface area contributed by atoms with E-state index in [0.29, 0.717) is 11.8 Å². The molecule has 0 N–H and O–H groups in total. The molecule has 0 heterocycles. The van der Waals surface area contributed by atoms with Crippen LogP contribution in [0.15, 0.2) is 0 Å². The van der Waals surface area contributed by atoms with Gasteiger partial charge in [0.15, 0.2) is 0 Å². The smallest absolute Gasteiger partial charge is 0.222 e. The van der Waals surface area contributed by atoms with Crippen molar-refractivity contribution in [2.45, 2.75) is 51.9 Å². The van der Waals surface area contributed by atoms with Crippen LogP contribution in [0.5, 0.6) is 0 Å². The third-order valence-corrected chi connectivity index (χ3v) is 3.80. The summed E-state index contributed by atoms with van der Waals surface area (Å²) >= 11 is 5.65. The maximum Gasteiger partial charge on any atom is 0.222 e. The number of hydrogen-bond donors (Lipinski definition) is 0. The Morgan fingerprint density at radius 2 is 2.06 bits per heavy atom. The number of carbonyl (C=O) groups excluding carboxylic acids is 1. The molecule has 1 rings (SSSR count). The fourth-order valence-corrected chi connectivity index (χ4v) is 2.61. The van der Waals surface area contributed by atoms with Crippen molar-refractivity contribution in [1.82, 2.24) is 4.90 Å². The average Bonchev–Trinajstić information content (AvgIpc) is 2.80. The highest BCUT2D eigenvalue weighted by Gasteiger charge is 2.18. The number of hydrogen-bond acceptors (Lipinski definition) is 1. The van der Waals surface area contributed by atoms with Crippen LogP contribution in [-0.2, 0) is 4.79 Å². The first-order chi connectivity index (χ1) is 7.77. The van der Waals surface area contributed by atoms with E-state index in [1.165, 1.54) is 25.7 Å². The molecular formula is C13H24ClNO. The van der Waals surface area contributed by atoms with Gasteiger partial charge in [-0.05, 0) is 25.7 Å². The lowest BCUT2D eigenvalue weighted by Gasteiger charge is -2.21. The molecule has 0 aromatic carbocycles. The summed E-state index contributed by atoms with van der Waals surface area (Å²) in [5, 5.41) is 0. The Hall–Kier alpha value is -0.240. The van der Waals surface area contributed by atoms with Gasteiger partial charge in [-0.15, -0.1) is 11.6 Å². The summed E-state index contributed by atoms with van der Waals surface area (Å²) in [6.07, 6.45) is 8.13. The molecule has 2 nitrogen and oxygen atoms in total. The lowest BCUT2D eigenvalue weighted by atomic mass is 10.0. The Kier molecular flexibility index (Phi) is 6.86. The number of nitrogens with zero attached hydrogens (tertiary/aromatic N) is 1. The number of halogens is 1. The predicted molar refractivity (Wildman–Crippen MR) is 68.8 cm³/mol. The molecule has 94 valence electrons. The van der Waals surface area contributed by atoms with E-state index in [1.54, 1.807) is 0 Å². The van der Waals surface area contributed by atoms with Crippen LogP contribution in [-0.4, -0.2) is 29.8 Å². The molecule has 0 radical (unpaired) electrons. The SMILES string of the molecule is CCN(CCCCl)C(=O)CCC1CCCC1. The first-order valence-corrected chi connectivity index (χ1v) is 7.15. The van der Waals surface area contributed by atoms with E-state index in [2.05, 4.69) is 0 Å². The van der Waals surface area contributed by atoms with Gasteiger partial charge in [0.2, 0.25) is 5.91 Å². The molecule has 1 aliphatic carbocycles. The van der Waals surface area contributed by atoms with Gasteiger partial charge in [-0.1, -0.05) is 25.7 Å². The van der Waals surface area contributed by atoms with E-state index < -0.39 is 0 Å². The number of carbonyl (C=O) groups is 1. The molecule has 0 spiro atoms. The minimum Gasteiger partial charge on any atom is -0.343 e. The maximum atomic E-state index is 11.9. The van der Waals surface area contributed by atoms with Gasteiger partial charge < -0.3 is 4.90 Å². The van der Waals surface area contributed by atoms with Gasteiger partial charge in [0.25, 0.3) is 0 Å². The number of alkyl halides is 1. The lowest BCUT2D eigenvalue weighted by Crippen LogP contribution is -2.32. The van der Waals surface area contributed by atoms with Crippen LogP contribution in [0.3, 0.4) is 0 Å². The van der Waals surface area contributed by atoms with Crippen LogP contribution in [0.4, 0.5) is 0 Å². The zero-order valence-corrected chi connectivity index (χ0v) is 11.1.